The molecule has 25 heavy (non-hydrogen) atoms. The highest BCUT2D eigenvalue weighted by molar-refractivity contribution is 7.07. The Balaban J connectivity index is 1.97. The van der Waals surface area contributed by atoms with Crippen LogP contribution in [-0.2, 0) is 6.42 Å². The van der Waals surface area contributed by atoms with E-state index in [4.69, 9.17) is 4.74 Å². The lowest BCUT2D eigenvalue weighted by atomic mass is 10.0. The summed E-state index contributed by atoms with van der Waals surface area (Å²) in [5, 5.41) is 5.66. The topological polar surface area (TPSA) is 57.7 Å². The second-order valence-corrected chi connectivity index (χ2v) is 7.48. The van der Waals surface area contributed by atoms with Crippen molar-refractivity contribution in [1.29, 1.82) is 0 Å². The number of fused-ring (bicyclic) bond motifs is 1. The fraction of sp³-hybridized carbons (Fsp3) is 0.263. The van der Waals surface area contributed by atoms with E-state index in [0.717, 1.165) is 17.7 Å². The van der Waals surface area contributed by atoms with Gasteiger partial charge in [-0.15, -0.1) is 11.3 Å². The van der Waals surface area contributed by atoms with Gasteiger partial charge in [0.2, 0.25) is 0 Å². The van der Waals surface area contributed by atoms with Crippen molar-refractivity contribution in [1.82, 2.24) is 9.99 Å². The molecule has 2 aromatic rings. The zero-order valence-electron chi connectivity index (χ0n) is 14.6. The number of rotatable bonds is 4. The molecule has 0 saturated heterocycles. The van der Waals surface area contributed by atoms with Gasteiger partial charge in [-0.25, -0.2) is 5.01 Å². The van der Waals surface area contributed by atoms with Crippen LogP contribution >= 0.6 is 11.3 Å². The highest BCUT2D eigenvalue weighted by Gasteiger charge is 2.29. The van der Waals surface area contributed by atoms with Gasteiger partial charge in [0.25, 0.3) is 5.56 Å². The predicted octanol–water partition coefficient (Wildman–Crippen LogP) is 2.17. The third-order valence-corrected chi connectivity index (χ3v) is 4.70. The van der Waals surface area contributed by atoms with E-state index in [9.17, 15) is 4.79 Å². The summed E-state index contributed by atoms with van der Waals surface area (Å²) >= 11 is 1.38. The zero-order chi connectivity index (χ0) is 18.0. The first-order chi connectivity index (χ1) is 11.9. The maximum absolute atomic E-state index is 12.2. The van der Waals surface area contributed by atoms with Gasteiger partial charge in [0.05, 0.1) is 10.7 Å². The molecule has 0 bridgehead atoms. The Kier molecular flexibility index (Phi) is 4.63. The average Bonchev–Trinajstić information content (AvgIpc) is 3.04. The number of hydrazone groups is 1. The summed E-state index contributed by atoms with van der Waals surface area (Å²) in [4.78, 5) is 15.0. The van der Waals surface area contributed by atoms with E-state index in [0.29, 0.717) is 9.20 Å². The minimum atomic E-state index is -0.169. The number of ether oxygens (including phenoxy) is 1. The van der Waals surface area contributed by atoms with Crippen LogP contribution in [0.15, 0.2) is 40.9 Å². The van der Waals surface area contributed by atoms with Crippen LogP contribution in [0.3, 0.4) is 0 Å². The maximum Gasteiger partial charge on any atom is 0.266 e. The van der Waals surface area contributed by atoms with Crippen LogP contribution in [0.5, 0.6) is 5.75 Å². The molecule has 1 N–H and O–H groups in total. The average molecular weight is 355 g/mol. The number of hydrogen-bond acceptors (Lipinski definition) is 5. The summed E-state index contributed by atoms with van der Waals surface area (Å²) in [7, 11) is 0. The van der Waals surface area contributed by atoms with Crippen molar-refractivity contribution in [2.45, 2.75) is 32.8 Å². The highest BCUT2D eigenvalue weighted by atomic mass is 32.1. The molecule has 1 aliphatic heterocycles. The van der Waals surface area contributed by atoms with Gasteiger partial charge < -0.3 is 9.72 Å². The summed E-state index contributed by atoms with van der Waals surface area (Å²) in [5.74, 6) is 0.926. The molecule has 0 saturated carbocycles. The van der Waals surface area contributed by atoms with Crippen molar-refractivity contribution in [3.05, 3.63) is 61.7 Å². The second-order valence-electron chi connectivity index (χ2n) is 6.40. The van der Waals surface area contributed by atoms with Gasteiger partial charge in [0.1, 0.15) is 16.0 Å². The molecule has 3 rings (SSSR count). The Morgan fingerprint density at radius 1 is 1.44 bits per heavy atom. The summed E-state index contributed by atoms with van der Waals surface area (Å²) in [6.07, 6.45) is 7.73. The maximum atomic E-state index is 12.2. The normalized spacial score (nSPS) is 16.9. The number of thiazole rings is 1. The first kappa shape index (κ1) is 17.2. The molecule has 6 heteroatoms. The molecule has 1 aromatic heterocycles. The molecule has 1 aliphatic rings. The number of benzene rings is 1. The lowest BCUT2D eigenvalue weighted by Gasteiger charge is -2.16. The first-order valence-electron chi connectivity index (χ1n) is 8.04. The third-order valence-electron chi connectivity index (χ3n) is 3.75. The molecule has 0 fully saturated rings. The Labute approximate surface area is 150 Å². The van der Waals surface area contributed by atoms with Crippen LogP contribution in [0.25, 0.3) is 12.3 Å². The van der Waals surface area contributed by atoms with Gasteiger partial charge >= 0.3 is 0 Å². The van der Waals surface area contributed by atoms with E-state index < -0.39 is 0 Å². The van der Waals surface area contributed by atoms with Crippen LogP contribution in [-0.4, -0.2) is 21.8 Å². The lowest BCUT2D eigenvalue weighted by Crippen LogP contribution is -2.24. The van der Waals surface area contributed by atoms with Crippen LogP contribution in [0, 0.1) is 0 Å². The van der Waals surface area contributed by atoms with Crippen molar-refractivity contribution >= 4 is 29.8 Å². The summed E-state index contributed by atoms with van der Waals surface area (Å²) in [5.41, 5.74) is 1.88. The number of nitrogens with one attached hydrogen (secondary N) is 1. The summed E-state index contributed by atoms with van der Waals surface area (Å²) in [6, 6.07) is 6.03. The molecule has 1 aromatic carbocycles. The first-order valence-corrected chi connectivity index (χ1v) is 8.86. The molecule has 0 amide bonds. The second kappa shape index (κ2) is 6.72. The van der Waals surface area contributed by atoms with Gasteiger partial charge in [-0.05, 0) is 50.1 Å². The number of aromatic nitrogens is 1. The van der Waals surface area contributed by atoms with Crippen molar-refractivity contribution in [3.8, 4) is 5.75 Å². The molecule has 0 spiro atoms. The van der Waals surface area contributed by atoms with Crippen LogP contribution < -0.4 is 19.5 Å². The Hall–Kier alpha value is -2.60. The van der Waals surface area contributed by atoms with Crippen molar-refractivity contribution in [3.63, 3.8) is 0 Å². The number of hydrogen-bond donors (Lipinski definition) is 1. The van der Waals surface area contributed by atoms with Gasteiger partial charge in [0, 0.05) is 18.8 Å². The standard InChI is InChI=1S/C19H21N3O2S/c1-5-20-22(6-2)12-17-21-18(23)16(25-17)10-13-7-8-15-14(9-13)11-19(3,4)24-15/h5-10,12H,2,11H2,1,3-4H3,(H,21,23)/b16-10-,17-12+,20-5-. The van der Waals surface area contributed by atoms with Crippen LogP contribution in [0.4, 0.5) is 0 Å². The SMILES string of the molecule is C=CN(/C=c1\[nH]c(=O)/c(=C/c2ccc3c(c2)CC(C)(C)O3)s1)/N=C\C. The molecule has 2 heterocycles. The van der Waals surface area contributed by atoms with E-state index in [1.54, 1.807) is 23.6 Å². The molecular weight excluding hydrogens is 334 g/mol. The molecule has 0 unspecified atom stereocenters. The smallest absolute Gasteiger partial charge is 0.266 e. The van der Waals surface area contributed by atoms with E-state index in [1.807, 2.05) is 25.1 Å². The van der Waals surface area contributed by atoms with Gasteiger partial charge in [-0.1, -0.05) is 12.6 Å². The molecule has 0 aliphatic carbocycles. The van der Waals surface area contributed by atoms with E-state index in [2.05, 4.69) is 36.6 Å². The van der Waals surface area contributed by atoms with Crippen molar-refractivity contribution in [2.24, 2.45) is 5.10 Å². The molecule has 5 nitrogen and oxygen atoms in total. The molecule has 0 radical (unpaired) electrons. The van der Waals surface area contributed by atoms with E-state index in [1.165, 1.54) is 16.9 Å². The molecule has 0 atom stereocenters. The largest absolute Gasteiger partial charge is 0.487 e. The van der Waals surface area contributed by atoms with E-state index >= 15 is 0 Å². The fourth-order valence-electron chi connectivity index (χ4n) is 2.77. The van der Waals surface area contributed by atoms with Gasteiger partial charge in [-0.2, -0.15) is 5.10 Å². The number of aromatic amines is 1. The summed E-state index contributed by atoms with van der Waals surface area (Å²) < 4.78 is 7.26. The fourth-order valence-corrected chi connectivity index (χ4v) is 3.65. The Morgan fingerprint density at radius 3 is 2.96 bits per heavy atom. The van der Waals surface area contributed by atoms with Crippen molar-refractivity contribution in [2.75, 3.05) is 0 Å². The van der Waals surface area contributed by atoms with Crippen LogP contribution in [0.2, 0.25) is 0 Å². The Bertz CT molecular complexity index is 998. The van der Waals surface area contributed by atoms with Gasteiger partial charge in [-0.3, -0.25) is 4.79 Å². The molecule has 130 valence electrons. The monoisotopic (exact) mass is 355 g/mol. The van der Waals surface area contributed by atoms with Gasteiger partial charge in [0.15, 0.2) is 0 Å². The summed E-state index contributed by atoms with van der Waals surface area (Å²) in [6.45, 7) is 9.66. The number of H-pyrrole nitrogens is 1. The lowest BCUT2D eigenvalue weighted by molar-refractivity contribution is 0.138. The third kappa shape index (κ3) is 3.91. The van der Waals surface area contributed by atoms with Crippen molar-refractivity contribution < 1.29 is 4.74 Å². The van der Waals surface area contributed by atoms with E-state index in [-0.39, 0.29) is 11.2 Å². The minimum absolute atomic E-state index is 0.113. The predicted molar refractivity (Wildman–Crippen MR) is 103 cm³/mol. The highest BCUT2D eigenvalue weighted by Crippen LogP contribution is 2.35. The van der Waals surface area contributed by atoms with Crippen LogP contribution in [0.1, 0.15) is 31.9 Å². The zero-order valence-corrected chi connectivity index (χ0v) is 15.4. The number of nitrogens with zero attached hydrogens (tertiary/aromatic N) is 2. The minimum Gasteiger partial charge on any atom is -0.487 e. The molecular formula is C19H21N3O2S. The quantitative estimate of drug-likeness (QED) is 0.675. The Morgan fingerprint density at radius 2 is 2.24 bits per heavy atom.